The molecule has 2 N–H and O–H groups in total. The van der Waals surface area contributed by atoms with E-state index in [1.54, 1.807) is 30.1 Å². The zero-order valence-corrected chi connectivity index (χ0v) is 14.1. The van der Waals surface area contributed by atoms with Gasteiger partial charge in [0.2, 0.25) is 5.56 Å². The lowest BCUT2D eigenvalue weighted by atomic mass is 10.0. The smallest absolute Gasteiger partial charge is 0.254 e. The fourth-order valence-electron chi connectivity index (χ4n) is 2.72. The fourth-order valence-corrected chi connectivity index (χ4v) is 2.84. The van der Waals surface area contributed by atoms with Gasteiger partial charge in [-0.3, -0.25) is 9.59 Å². The second-order valence-corrected chi connectivity index (χ2v) is 6.02. The zero-order valence-electron chi connectivity index (χ0n) is 13.3. The van der Waals surface area contributed by atoms with Gasteiger partial charge >= 0.3 is 0 Å². The van der Waals surface area contributed by atoms with Gasteiger partial charge < -0.3 is 14.9 Å². The number of amides is 1. The minimum absolute atomic E-state index is 0.169. The van der Waals surface area contributed by atoms with Crippen LogP contribution in [0.1, 0.15) is 35.3 Å². The molecule has 3 rings (SSSR count). The molecule has 1 atom stereocenters. The van der Waals surface area contributed by atoms with Crippen LogP contribution in [0.2, 0.25) is 5.02 Å². The largest absolute Gasteiger partial charge is 0.345 e. The molecule has 0 fully saturated rings. The van der Waals surface area contributed by atoms with Crippen LogP contribution in [0.25, 0.3) is 11.2 Å². The van der Waals surface area contributed by atoms with Crippen LogP contribution in [0, 0.1) is 0 Å². The van der Waals surface area contributed by atoms with Crippen molar-refractivity contribution in [2.45, 2.75) is 19.4 Å². The van der Waals surface area contributed by atoms with E-state index >= 15 is 0 Å². The van der Waals surface area contributed by atoms with Gasteiger partial charge in [-0.2, -0.15) is 0 Å². The van der Waals surface area contributed by atoms with Crippen LogP contribution in [-0.4, -0.2) is 20.4 Å². The molecule has 0 aliphatic rings. The molecule has 124 valence electrons. The number of nitrogens with zero attached hydrogens (tertiary/aromatic N) is 2. The molecular weight excluding hydrogens is 328 g/mol. The lowest BCUT2D eigenvalue weighted by Gasteiger charge is -2.18. The number of hydrogen-bond acceptors (Lipinski definition) is 3. The molecule has 0 saturated carbocycles. The van der Waals surface area contributed by atoms with Crippen LogP contribution in [0.15, 0.2) is 41.5 Å². The van der Waals surface area contributed by atoms with Gasteiger partial charge in [0.05, 0.1) is 23.4 Å². The molecule has 2 heterocycles. The van der Waals surface area contributed by atoms with E-state index in [0.29, 0.717) is 28.2 Å². The highest BCUT2D eigenvalue weighted by molar-refractivity contribution is 6.30. The van der Waals surface area contributed by atoms with E-state index in [4.69, 9.17) is 11.6 Å². The molecule has 0 aliphatic heterocycles. The number of carbonyl (C=O) groups excluding carboxylic acids is 1. The van der Waals surface area contributed by atoms with Crippen molar-refractivity contribution >= 4 is 28.7 Å². The number of rotatable bonds is 4. The van der Waals surface area contributed by atoms with Gasteiger partial charge in [0, 0.05) is 18.1 Å². The van der Waals surface area contributed by atoms with Crippen LogP contribution < -0.4 is 10.9 Å². The van der Waals surface area contributed by atoms with E-state index in [2.05, 4.69) is 15.3 Å². The van der Waals surface area contributed by atoms with Gasteiger partial charge in [0.15, 0.2) is 5.65 Å². The number of imidazole rings is 1. The van der Waals surface area contributed by atoms with E-state index in [1.807, 2.05) is 19.1 Å². The summed E-state index contributed by atoms with van der Waals surface area (Å²) < 4.78 is 1.71. The van der Waals surface area contributed by atoms with Crippen molar-refractivity contribution in [1.82, 2.24) is 19.9 Å². The molecular formula is C17H17ClN4O2. The molecule has 0 radical (unpaired) electrons. The standard InChI is InChI=1S/C17H17ClN4O2/c1-3-13(10-4-6-11(18)7-5-10)20-17(24)12-8-14(23)21-16-15(12)22(2)9-19-16/h4-9,13H,3H2,1-2H3,(H,20,24)(H,21,23). The minimum atomic E-state index is -0.356. The first kappa shape index (κ1) is 16.3. The van der Waals surface area contributed by atoms with Crippen molar-refractivity contribution in [2.75, 3.05) is 0 Å². The van der Waals surface area contributed by atoms with Gasteiger partial charge in [-0.25, -0.2) is 4.98 Å². The normalized spacial score (nSPS) is 12.3. The molecule has 0 bridgehead atoms. The lowest BCUT2D eigenvalue weighted by Crippen LogP contribution is -2.29. The first-order valence-corrected chi connectivity index (χ1v) is 7.98. The van der Waals surface area contributed by atoms with Crippen molar-refractivity contribution in [3.05, 3.63) is 63.2 Å². The summed E-state index contributed by atoms with van der Waals surface area (Å²) >= 11 is 5.91. The lowest BCUT2D eigenvalue weighted by molar-refractivity contribution is 0.0936. The highest BCUT2D eigenvalue weighted by atomic mass is 35.5. The fraction of sp³-hybridized carbons (Fsp3) is 0.235. The summed E-state index contributed by atoms with van der Waals surface area (Å²) in [5.74, 6) is -0.309. The third kappa shape index (κ3) is 3.05. The van der Waals surface area contributed by atoms with Gasteiger partial charge in [-0.15, -0.1) is 0 Å². The molecule has 2 aromatic heterocycles. The van der Waals surface area contributed by atoms with Crippen molar-refractivity contribution in [3.63, 3.8) is 0 Å². The summed E-state index contributed by atoms with van der Waals surface area (Å²) in [5, 5.41) is 3.62. The first-order chi connectivity index (χ1) is 11.5. The van der Waals surface area contributed by atoms with Gasteiger partial charge in [-0.05, 0) is 24.1 Å². The molecule has 6 nitrogen and oxygen atoms in total. The molecule has 1 unspecified atom stereocenters. The summed E-state index contributed by atoms with van der Waals surface area (Å²) in [4.78, 5) is 31.3. The third-order valence-electron chi connectivity index (χ3n) is 3.94. The highest BCUT2D eigenvalue weighted by Gasteiger charge is 2.19. The Kier molecular flexibility index (Phi) is 4.40. The number of aromatic nitrogens is 3. The van der Waals surface area contributed by atoms with Crippen molar-refractivity contribution in [2.24, 2.45) is 7.05 Å². The summed E-state index contributed by atoms with van der Waals surface area (Å²) in [5.41, 5.74) is 1.90. The monoisotopic (exact) mass is 344 g/mol. The zero-order chi connectivity index (χ0) is 17.3. The van der Waals surface area contributed by atoms with E-state index in [9.17, 15) is 9.59 Å². The Labute approximate surface area is 143 Å². The quantitative estimate of drug-likeness (QED) is 0.763. The predicted octanol–water partition coefficient (Wildman–Crippen LogP) is 2.80. The van der Waals surface area contributed by atoms with Crippen LogP contribution in [-0.2, 0) is 7.05 Å². The van der Waals surface area contributed by atoms with Gasteiger partial charge in [0.25, 0.3) is 5.91 Å². The van der Waals surface area contributed by atoms with Crippen LogP contribution in [0.4, 0.5) is 0 Å². The topological polar surface area (TPSA) is 79.8 Å². The highest BCUT2D eigenvalue weighted by Crippen LogP contribution is 2.21. The Hall–Kier alpha value is -2.60. The van der Waals surface area contributed by atoms with E-state index < -0.39 is 0 Å². The molecule has 0 saturated heterocycles. The van der Waals surface area contributed by atoms with E-state index in [0.717, 1.165) is 5.56 Å². The maximum Gasteiger partial charge on any atom is 0.254 e. The van der Waals surface area contributed by atoms with Crippen LogP contribution in [0.3, 0.4) is 0 Å². The number of H-pyrrole nitrogens is 1. The van der Waals surface area contributed by atoms with Gasteiger partial charge in [-0.1, -0.05) is 30.7 Å². The van der Waals surface area contributed by atoms with Crippen LogP contribution >= 0.6 is 11.6 Å². The molecule has 0 spiro atoms. The number of nitrogens with one attached hydrogen (secondary N) is 2. The Morgan fingerprint density at radius 3 is 2.75 bits per heavy atom. The first-order valence-electron chi connectivity index (χ1n) is 7.60. The van der Waals surface area contributed by atoms with Crippen molar-refractivity contribution in [3.8, 4) is 0 Å². The third-order valence-corrected chi connectivity index (χ3v) is 4.19. The second kappa shape index (κ2) is 6.49. The summed E-state index contributed by atoms with van der Waals surface area (Å²) in [6, 6.07) is 8.48. The SMILES string of the molecule is CCC(NC(=O)c1cc(=O)[nH]c2ncn(C)c12)c1ccc(Cl)cc1. The number of fused-ring (bicyclic) bond motifs is 1. The van der Waals surface area contributed by atoms with Crippen molar-refractivity contribution in [1.29, 1.82) is 0 Å². The molecule has 1 aromatic carbocycles. The Balaban J connectivity index is 1.95. The number of hydrogen-bond donors (Lipinski definition) is 2. The summed E-state index contributed by atoms with van der Waals surface area (Å²) in [7, 11) is 1.78. The Bertz CT molecular complexity index is 943. The maximum absolute atomic E-state index is 12.7. The minimum Gasteiger partial charge on any atom is -0.345 e. The van der Waals surface area contributed by atoms with Gasteiger partial charge in [0.1, 0.15) is 0 Å². The maximum atomic E-state index is 12.7. The summed E-state index contributed by atoms with van der Waals surface area (Å²) in [6.45, 7) is 1.98. The molecule has 24 heavy (non-hydrogen) atoms. The number of benzene rings is 1. The molecule has 1 amide bonds. The Morgan fingerprint density at radius 1 is 1.38 bits per heavy atom. The molecule has 7 heteroatoms. The second-order valence-electron chi connectivity index (χ2n) is 5.59. The number of pyridine rings is 1. The molecule has 3 aromatic rings. The van der Waals surface area contributed by atoms with Crippen LogP contribution in [0.5, 0.6) is 0 Å². The number of carbonyl (C=O) groups is 1. The van der Waals surface area contributed by atoms with E-state index in [1.165, 1.54) is 6.07 Å². The average molecular weight is 345 g/mol. The summed E-state index contributed by atoms with van der Waals surface area (Å²) in [6.07, 6.45) is 2.28. The van der Waals surface area contributed by atoms with Crippen molar-refractivity contribution < 1.29 is 4.79 Å². The number of halogens is 1. The average Bonchev–Trinajstić information content (AvgIpc) is 2.93. The predicted molar refractivity (Wildman–Crippen MR) is 93.3 cm³/mol. The Morgan fingerprint density at radius 2 is 2.08 bits per heavy atom. The number of aromatic amines is 1. The number of aryl methyl sites for hydroxylation is 1. The molecule has 0 aliphatic carbocycles. The van der Waals surface area contributed by atoms with E-state index in [-0.39, 0.29) is 17.5 Å².